The molecule has 1 fully saturated rings. The van der Waals surface area contributed by atoms with Crippen LogP contribution in [0.5, 0.6) is 0 Å². The minimum Gasteiger partial charge on any atom is -0.354 e. The lowest BCUT2D eigenvalue weighted by molar-refractivity contribution is -0.125. The van der Waals surface area contributed by atoms with Gasteiger partial charge < -0.3 is 10.6 Å². The molecule has 1 aromatic rings. The van der Waals surface area contributed by atoms with Crippen LogP contribution in [0.4, 0.5) is 0 Å². The molecule has 1 heterocycles. The van der Waals surface area contributed by atoms with Crippen molar-refractivity contribution in [3.63, 3.8) is 0 Å². The number of hydrogen-bond acceptors (Lipinski definition) is 2. The van der Waals surface area contributed by atoms with Gasteiger partial charge in [-0.2, -0.15) is 0 Å². The van der Waals surface area contributed by atoms with Crippen molar-refractivity contribution in [2.75, 3.05) is 6.54 Å². The van der Waals surface area contributed by atoms with E-state index in [9.17, 15) is 9.59 Å². The maximum atomic E-state index is 11.9. The first-order valence-electron chi connectivity index (χ1n) is 6.54. The third kappa shape index (κ3) is 4.39. The lowest BCUT2D eigenvalue weighted by Gasteiger charge is -2.23. The molecule has 4 nitrogen and oxygen atoms in total. The van der Waals surface area contributed by atoms with Crippen LogP contribution in [-0.4, -0.2) is 24.4 Å². The molecule has 108 valence electrons. The summed E-state index contributed by atoms with van der Waals surface area (Å²) >= 11 is 11.9. The van der Waals surface area contributed by atoms with E-state index in [0.29, 0.717) is 42.3 Å². The van der Waals surface area contributed by atoms with Gasteiger partial charge in [0.1, 0.15) is 0 Å². The van der Waals surface area contributed by atoms with Crippen molar-refractivity contribution in [3.8, 4) is 0 Å². The molecule has 2 rings (SSSR count). The quantitative estimate of drug-likeness (QED) is 0.896. The van der Waals surface area contributed by atoms with Gasteiger partial charge in [0, 0.05) is 35.5 Å². The maximum Gasteiger partial charge on any atom is 0.220 e. The van der Waals surface area contributed by atoms with Crippen LogP contribution in [0, 0.1) is 0 Å². The zero-order valence-electron chi connectivity index (χ0n) is 10.9. The minimum absolute atomic E-state index is 0.0286. The molecule has 6 heteroatoms. The molecular formula is C14H16Cl2N2O2. The Morgan fingerprint density at radius 3 is 2.85 bits per heavy atom. The van der Waals surface area contributed by atoms with Gasteiger partial charge in [0.2, 0.25) is 11.8 Å². The van der Waals surface area contributed by atoms with E-state index in [4.69, 9.17) is 23.2 Å². The summed E-state index contributed by atoms with van der Waals surface area (Å²) in [5.74, 6) is 0.0145. The topological polar surface area (TPSA) is 58.2 Å². The van der Waals surface area contributed by atoms with Gasteiger partial charge in [-0.25, -0.2) is 0 Å². The van der Waals surface area contributed by atoms with Crippen molar-refractivity contribution >= 4 is 35.0 Å². The lowest BCUT2D eigenvalue weighted by atomic mass is 10.1. The molecule has 0 aliphatic carbocycles. The predicted molar refractivity (Wildman–Crippen MR) is 79.0 cm³/mol. The fourth-order valence-electron chi connectivity index (χ4n) is 2.13. The summed E-state index contributed by atoms with van der Waals surface area (Å²) in [6.45, 7) is 0.506. The zero-order chi connectivity index (χ0) is 14.5. The second kappa shape index (κ2) is 6.95. The number of piperidine rings is 1. The van der Waals surface area contributed by atoms with Crippen LogP contribution >= 0.6 is 23.2 Å². The van der Waals surface area contributed by atoms with Crippen LogP contribution in [-0.2, 0) is 16.0 Å². The number of amides is 2. The first-order valence-corrected chi connectivity index (χ1v) is 7.30. The molecule has 1 saturated heterocycles. The Hall–Kier alpha value is -1.26. The van der Waals surface area contributed by atoms with Crippen LogP contribution in [0.1, 0.15) is 24.8 Å². The van der Waals surface area contributed by atoms with E-state index in [1.807, 2.05) is 6.07 Å². The minimum atomic E-state index is -0.0304. The molecule has 0 radical (unpaired) electrons. The Labute approximate surface area is 127 Å². The van der Waals surface area contributed by atoms with E-state index in [-0.39, 0.29) is 17.9 Å². The summed E-state index contributed by atoms with van der Waals surface area (Å²) in [6, 6.07) is 5.30. The van der Waals surface area contributed by atoms with E-state index in [1.165, 1.54) is 0 Å². The molecule has 0 spiro atoms. The second-order valence-corrected chi connectivity index (χ2v) is 5.69. The number of benzene rings is 1. The Morgan fingerprint density at radius 2 is 2.20 bits per heavy atom. The van der Waals surface area contributed by atoms with Gasteiger partial charge >= 0.3 is 0 Å². The van der Waals surface area contributed by atoms with Crippen LogP contribution < -0.4 is 10.6 Å². The number of rotatable bonds is 4. The van der Waals surface area contributed by atoms with E-state index >= 15 is 0 Å². The van der Waals surface area contributed by atoms with Gasteiger partial charge in [0.05, 0.1) is 0 Å². The molecule has 0 bridgehead atoms. The molecule has 1 aliphatic heterocycles. The monoisotopic (exact) mass is 314 g/mol. The molecular weight excluding hydrogens is 299 g/mol. The van der Waals surface area contributed by atoms with Gasteiger partial charge in [-0.15, -0.1) is 0 Å². The Morgan fingerprint density at radius 1 is 1.40 bits per heavy atom. The van der Waals surface area contributed by atoms with E-state index < -0.39 is 0 Å². The zero-order valence-corrected chi connectivity index (χ0v) is 12.4. The summed E-state index contributed by atoms with van der Waals surface area (Å²) in [5, 5.41) is 6.82. The molecule has 1 aliphatic rings. The highest BCUT2D eigenvalue weighted by molar-refractivity contribution is 6.35. The van der Waals surface area contributed by atoms with Crippen molar-refractivity contribution in [2.24, 2.45) is 0 Å². The average molecular weight is 315 g/mol. The molecule has 2 N–H and O–H groups in total. The lowest BCUT2D eigenvalue weighted by Crippen LogP contribution is -2.47. The number of nitrogens with one attached hydrogen (secondary N) is 2. The third-order valence-electron chi connectivity index (χ3n) is 3.27. The fraction of sp³-hybridized carbons (Fsp3) is 0.429. The smallest absolute Gasteiger partial charge is 0.220 e. The van der Waals surface area contributed by atoms with Crippen molar-refractivity contribution in [2.45, 2.75) is 31.7 Å². The highest BCUT2D eigenvalue weighted by Crippen LogP contribution is 2.22. The number of carbonyl (C=O) groups excluding carboxylic acids is 2. The van der Waals surface area contributed by atoms with Gasteiger partial charge in [-0.3, -0.25) is 9.59 Å². The van der Waals surface area contributed by atoms with Gasteiger partial charge in [-0.1, -0.05) is 29.3 Å². The summed E-state index contributed by atoms with van der Waals surface area (Å²) in [5.41, 5.74) is 0.906. The maximum absolute atomic E-state index is 11.9. The van der Waals surface area contributed by atoms with Gasteiger partial charge in [0.15, 0.2) is 0 Å². The summed E-state index contributed by atoms with van der Waals surface area (Å²) in [4.78, 5) is 22.9. The van der Waals surface area contributed by atoms with Gasteiger partial charge in [0.25, 0.3) is 0 Å². The number of aryl methyl sites for hydroxylation is 1. The number of hydrogen-bond donors (Lipinski definition) is 2. The van der Waals surface area contributed by atoms with Crippen molar-refractivity contribution < 1.29 is 9.59 Å². The first-order chi connectivity index (χ1) is 9.54. The van der Waals surface area contributed by atoms with Crippen LogP contribution in [0.3, 0.4) is 0 Å². The van der Waals surface area contributed by atoms with E-state index in [1.54, 1.807) is 12.1 Å². The molecule has 1 unspecified atom stereocenters. The third-order valence-corrected chi connectivity index (χ3v) is 3.85. The largest absolute Gasteiger partial charge is 0.354 e. The van der Waals surface area contributed by atoms with Crippen molar-refractivity contribution in [3.05, 3.63) is 33.8 Å². The molecule has 2 amide bonds. The van der Waals surface area contributed by atoms with Gasteiger partial charge in [-0.05, 0) is 30.5 Å². The number of carbonyl (C=O) groups is 2. The Kier molecular flexibility index (Phi) is 5.26. The Bertz CT molecular complexity index is 510. The van der Waals surface area contributed by atoms with Crippen molar-refractivity contribution in [1.82, 2.24) is 10.6 Å². The molecule has 0 saturated carbocycles. The highest BCUT2D eigenvalue weighted by Gasteiger charge is 2.19. The fourth-order valence-corrected chi connectivity index (χ4v) is 2.63. The molecule has 1 atom stereocenters. The second-order valence-electron chi connectivity index (χ2n) is 4.84. The van der Waals surface area contributed by atoms with Crippen LogP contribution in [0.15, 0.2) is 18.2 Å². The molecule has 20 heavy (non-hydrogen) atoms. The predicted octanol–water partition coefficient (Wildman–Crippen LogP) is 2.32. The highest BCUT2D eigenvalue weighted by atomic mass is 35.5. The average Bonchev–Trinajstić information content (AvgIpc) is 2.40. The standard InChI is InChI=1S/C14H16Cl2N2O2/c15-10-3-1-9(12(16)7-10)2-5-14(20)18-11-4-6-13(19)17-8-11/h1,3,7,11H,2,4-6,8H2,(H,17,19)(H,18,20). The Balaban J connectivity index is 1.78. The SMILES string of the molecule is O=C1CCC(NC(=O)CCc2ccc(Cl)cc2Cl)CN1. The summed E-state index contributed by atoms with van der Waals surface area (Å²) < 4.78 is 0. The summed E-state index contributed by atoms with van der Waals surface area (Å²) in [6.07, 6.45) is 2.10. The van der Waals surface area contributed by atoms with E-state index in [2.05, 4.69) is 10.6 Å². The number of halogens is 2. The molecule has 1 aromatic carbocycles. The summed E-state index contributed by atoms with van der Waals surface area (Å²) in [7, 11) is 0. The van der Waals surface area contributed by atoms with Crippen LogP contribution in [0.2, 0.25) is 10.0 Å². The first kappa shape index (κ1) is 15.1. The van der Waals surface area contributed by atoms with E-state index in [0.717, 1.165) is 5.56 Å². The normalized spacial score (nSPS) is 18.5. The van der Waals surface area contributed by atoms with Crippen LogP contribution in [0.25, 0.3) is 0 Å². The van der Waals surface area contributed by atoms with Crippen molar-refractivity contribution in [1.29, 1.82) is 0 Å². The molecule has 0 aromatic heterocycles.